The van der Waals surface area contributed by atoms with E-state index in [4.69, 9.17) is 16.3 Å². The second kappa shape index (κ2) is 6.86. The van der Waals surface area contributed by atoms with Crippen LogP contribution >= 0.6 is 11.6 Å². The Hall–Kier alpha value is -3.58. The maximum absolute atomic E-state index is 6.04. The number of rotatable bonds is 5. The summed E-state index contributed by atoms with van der Waals surface area (Å²) in [7, 11) is 0. The zero-order valence-corrected chi connectivity index (χ0v) is 15.4. The third kappa shape index (κ3) is 3.12. The fourth-order valence-corrected chi connectivity index (χ4v) is 3.20. The lowest BCUT2D eigenvalue weighted by Crippen LogP contribution is -2.05. The highest BCUT2D eigenvalue weighted by Gasteiger charge is 2.11. The van der Waals surface area contributed by atoms with Gasteiger partial charge in [-0.2, -0.15) is 4.52 Å². The molecule has 0 fully saturated rings. The highest BCUT2D eigenvalue weighted by molar-refractivity contribution is 6.30. The van der Waals surface area contributed by atoms with Crippen molar-refractivity contribution in [3.05, 3.63) is 77.7 Å². The minimum absolute atomic E-state index is 0.247. The Balaban J connectivity index is 1.40. The van der Waals surface area contributed by atoms with E-state index in [2.05, 4.69) is 25.6 Å². The maximum Gasteiger partial charge on any atom is 0.192 e. The highest BCUT2D eigenvalue weighted by Crippen LogP contribution is 2.25. The first-order chi connectivity index (χ1) is 13.8. The zero-order chi connectivity index (χ0) is 18.9. The van der Waals surface area contributed by atoms with Crippen molar-refractivity contribution in [3.8, 4) is 5.75 Å². The van der Waals surface area contributed by atoms with Crippen LogP contribution in [0.2, 0.25) is 5.02 Å². The summed E-state index contributed by atoms with van der Waals surface area (Å²) in [4.78, 5) is 3.19. The molecule has 0 aliphatic heterocycles. The van der Waals surface area contributed by atoms with E-state index in [-0.39, 0.29) is 6.61 Å². The molecule has 5 aromatic rings. The summed E-state index contributed by atoms with van der Waals surface area (Å²) in [5.74, 6) is 2.03. The van der Waals surface area contributed by atoms with Crippen molar-refractivity contribution >= 4 is 39.7 Å². The van der Waals surface area contributed by atoms with Gasteiger partial charge in [0.15, 0.2) is 17.3 Å². The number of nitrogens with zero attached hydrogens (tertiary/aromatic N) is 4. The van der Waals surface area contributed by atoms with Crippen LogP contribution in [0.5, 0.6) is 5.75 Å². The Morgan fingerprint density at radius 3 is 2.89 bits per heavy atom. The Bertz CT molecular complexity index is 1280. The quantitative estimate of drug-likeness (QED) is 0.459. The van der Waals surface area contributed by atoms with Crippen LogP contribution in [0.25, 0.3) is 16.6 Å². The summed E-state index contributed by atoms with van der Waals surface area (Å²) in [6.45, 7) is 0.247. The molecule has 28 heavy (non-hydrogen) atoms. The number of aromatic nitrogens is 5. The Morgan fingerprint density at radius 1 is 1.04 bits per heavy atom. The number of hydrogen-bond donors (Lipinski definition) is 2. The normalized spacial score (nSPS) is 11.2. The van der Waals surface area contributed by atoms with Crippen molar-refractivity contribution in [1.82, 2.24) is 24.8 Å². The predicted octanol–water partition coefficient (Wildman–Crippen LogP) is 4.58. The Kier molecular flexibility index (Phi) is 4.06. The van der Waals surface area contributed by atoms with E-state index in [9.17, 15) is 0 Å². The number of anilines is 2. The predicted molar refractivity (Wildman–Crippen MR) is 108 cm³/mol. The minimum atomic E-state index is 0.247. The number of benzene rings is 2. The van der Waals surface area contributed by atoms with Gasteiger partial charge in [0.2, 0.25) is 0 Å². The molecule has 0 atom stereocenters. The first-order valence-electron chi connectivity index (χ1n) is 8.69. The van der Waals surface area contributed by atoms with Crippen molar-refractivity contribution in [2.24, 2.45) is 0 Å². The van der Waals surface area contributed by atoms with Crippen molar-refractivity contribution in [1.29, 1.82) is 0 Å². The lowest BCUT2D eigenvalue weighted by atomic mass is 10.2. The van der Waals surface area contributed by atoms with Crippen LogP contribution in [-0.4, -0.2) is 24.8 Å². The van der Waals surface area contributed by atoms with Gasteiger partial charge in [-0.3, -0.25) is 0 Å². The highest BCUT2D eigenvalue weighted by atomic mass is 35.5. The number of hydrogen-bond acceptors (Lipinski definition) is 5. The second-order valence-electron chi connectivity index (χ2n) is 6.23. The smallest absolute Gasteiger partial charge is 0.192 e. The van der Waals surface area contributed by atoms with Crippen LogP contribution in [0, 0.1) is 0 Å². The van der Waals surface area contributed by atoms with E-state index in [0.29, 0.717) is 22.3 Å². The first-order valence-corrected chi connectivity index (χ1v) is 9.07. The minimum Gasteiger partial charge on any atom is -0.483 e. The maximum atomic E-state index is 6.04. The van der Waals surface area contributed by atoms with E-state index in [1.54, 1.807) is 4.52 Å². The second-order valence-corrected chi connectivity index (χ2v) is 6.66. The number of aromatic amines is 1. The molecule has 0 unspecified atom stereocenters. The lowest BCUT2D eigenvalue weighted by Gasteiger charge is -2.07. The zero-order valence-electron chi connectivity index (χ0n) is 14.6. The number of nitrogens with one attached hydrogen (secondary N) is 2. The van der Waals surface area contributed by atoms with E-state index in [1.165, 1.54) is 0 Å². The van der Waals surface area contributed by atoms with Crippen LogP contribution in [0.1, 0.15) is 5.82 Å². The van der Waals surface area contributed by atoms with Gasteiger partial charge in [0.05, 0.1) is 0 Å². The summed E-state index contributed by atoms with van der Waals surface area (Å²) >= 11 is 6.04. The van der Waals surface area contributed by atoms with Gasteiger partial charge in [0.1, 0.15) is 12.4 Å². The number of para-hydroxylation sites is 1. The average molecular weight is 391 g/mol. The molecule has 3 aromatic heterocycles. The van der Waals surface area contributed by atoms with Crippen LogP contribution in [0.15, 0.2) is 66.9 Å². The van der Waals surface area contributed by atoms with E-state index in [1.807, 2.05) is 66.9 Å². The number of fused-ring (bicyclic) bond motifs is 2. The van der Waals surface area contributed by atoms with E-state index < -0.39 is 0 Å². The number of halogens is 1. The van der Waals surface area contributed by atoms with Crippen molar-refractivity contribution < 1.29 is 4.74 Å². The van der Waals surface area contributed by atoms with Crippen LogP contribution in [0.4, 0.5) is 11.5 Å². The van der Waals surface area contributed by atoms with E-state index in [0.717, 1.165) is 22.3 Å². The van der Waals surface area contributed by atoms with Gasteiger partial charge in [-0.05, 0) is 42.5 Å². The van der Waals surface area contributed by atoms with Gasteiger partial charge in [0, 0.05) is 27.8 Å². The van der Waals surface area contributed by atoms with Crippen LogP contribution < -0.4 is 10.1 Å². The molecule has 3 heterocycles. The molecule has 2 aromatic carbocycles. The van der Waals surface area contributed by atoms with Gasteiger partial charge in [0.25, 0.3) is 0 Å². The van der Waals surface area contributed by atoms with Crippen LogP contribution in [-0.2, 0) is 6.61 Å². The molecule has 8 heteroatoms. The number of H-pyrrole nitrogens is 1. The first kappa shape index (κ1) is 16.6. The number of ether oxygens (including phenoxy) is 1. The van der Waals surface area contributed by atoms with Gasteiger partial charge < -0.3 is 15.0 Å². The fourth-order valence-electron chi connectivity index (χ4n) is 3.01. The van der Waals surface area contributed by atoms with Gasteiger partial charge >= 0.3 is 0 Å². The summed E-state index contributed by atoms with van der Waals surface area (Å²) in [6, 6.07) is 19.1. The van der Waals surface area contributed by atoms with Crippen molar-refractivity contribution in [2.45, 2.75) is 6.61 Å². The summed E-state index contributed by atoms with van der Waals surface area (Å²) in [5.41, 5.74) is 2.52. The van der Waals surface area contributed by atoms with Crippen molar-refractivity contribution in [2.75, 3.05) is 5.32 Å². The Morgan fingerprint density at radius 2 is 1.96 bits per heavy atom. The fraction of sp³-hybridized carbons (Fsp3) is 0.0500. The summed E-state index contributed by atoms with van der Waals surface area (Å²) < 4.78 is 7.62. The summed E-state index contributed by atoms with van der Waals surface area (Å²) in [5, 5.41) is 17.8. The molecule has 0 saturated heterocycles. The molecule has 2 N–H and O–H groups in total. The third-order valence-corrected chi connectivity index (χ3v) is 4.57. The third-order valence-electron chi connectivity index (χ3n) is 4.33. The monoisotopic (exact) mass is 390 g/mol. The Labute approximate surface area is 164 Å². The average Bonchev–Trinajstić information content (AvgIpc) is 3.30. The molecule has 5 rings (SSSR count). The van der Waals surface area contributed by atoms with Crippen molar-refractivity contribution in [3.63, 3.8) is 0 Å². The molecule has 0 spiro atoms. The van der Waals surface area contributed by atoms with E-state index >= 15 is 0 Å². The molecule has 138 valence electrons. The molecule has 0 amide bonds. The molecule has 0 aliphatic carbocycles. The molecule has 0 radical (unpaired) electrons. The topological polar surface area (TPSA) is 80.1 Å². The SMILES string of the molecule is Clc1cccc(Nc2ccc3nnc(COc4c[nH]c5ccccc45)n3n2)c1. The lowest BCUT2D eigenvalue weighted by molar-refractivity contribution is 0.296. The summed E-state index contributed by atoms with van der Waals surface area (Å²) in [6.07, 6.45) is 1.84. The molecular weight excluding hydrogens is 376 g/mol. The van der Waals surface area contributed by atoms with Gasteiger partial charge in [-0.25, -0.2) is 0 Å². The van der Waals surface area contributed by atoms with Gasteiger partial charge in [-0.1, -0.05) is 29.8 Å². The molecular formula is C20H15ClN6O. The standard InChI is InChI=1S/C20H15ClN6O/c21-13-4-3-5-14(10-13)23-18-8-9-19-24-25-20(27(19)26-18)12-28-17-11-22-16-7-2-1-6-15(16)17/h1-11,22H,12H2,(H,23,26). The molecule has 0 saturated carbocycles. The molecule has 0 bridgehead atoms. The molecule has 0 aliphatic rings. The molecule has 7 nitrogen and oxygen atoms in total. The van der Waals surface area contributed by atoms with Gasteiger partial charge in [-0.15, -0.1) is 15.3 Å². The largest absolute Gasteiger partial charge is 0.483 e. The van der Waals surface area contributed by atoms with Crippen LogP contribution in [0.3, 0.4) is 0 Å².